The average molecular weight is 151 g/mol. The lowest BCUT2D eigenvalue weighted by molar-refractivity contribution is 0.0774. The third-order valence-electron chi connectivity index (χ3n) is 1.46. The van der Waals surface area contributed by atoms with Crippen molar-refractivity contribution in [1.29, 1.82) is 0 Å². The Bertz CT molecular complexity index is 192. The maximum atomic E-state index is 5.03. The molecule has 60 valence electrons. The first-order valence-corrected chi connectivity index (χ1v) is 3.74. The highest BCUT2D eigenvalue weighted by Crippen LogP contribution is 2.04. The molecule has 11 heavy (non-hydrogen) atoms. The van der Waals surface area contributed by atoms with Gasteiger partial charge in [-0.3, -0.25) is 4.84 Å². The SMILES string of the molecule is CNOCC1=CCC=CC=C1. The van der Waals surface area contributed by atoms with Gasteiger partial charge in [0.15, 0.2) is 0 Å². The van der Waals surface area contributed by atoms with Crippen molar-refractivity contribution in [3.05, 3.63) is 36.0 Å². The minimum absolute atomic E-state index is 0.634. The van der Waals surface area contributed by atoms with E-state index in [1.54, 1.807) is 7.05 Å². The third-order valence-corrected chi connectivity index (χ3v) is 1.46. The van der Waals surface area contributed by atoms with Crippen molar-refractivity contribution in [2.24, 2.45) is 0 Å². The molecule has 2 nitrogen and oxygen atoms in total. The summed E-state index contributed by atoms with van der Waals surface area (Å²) in [5.74, 6) is 0. The Hall–Kier alpha value is -0.860. The second-order valence-corrected chi connectivity index (χ2v) is 2.29. The van der Waals surface area contributed by atoms with Crippen LogP contribution in [0.4, 0.5) is 0 Å². The number of nitrogens with one attached hydrogen (secondary N) is 1. The quantitative estimate of drug-likeness (QED) is 0.618. The summed E-state index contributed by atoms with van der Waals surface area (Å²) in [6.07, 6.45) is 11.4. The summed E-state index contributed by atoms with van der Waals surface area (Å²) in [6.45, 7) is 0.634. The molecular formula is C9H13NO. The molecule has 0 spiro atoms. The lowest BCUT2D eigenvalue weighted by atomic mass is 10.2. The van der Waals surface area contributed by atoms with E-state index >= 15 is 0 Å². The lowest BCUT2D eigenvalue weighted by Crippen LogP contribution is -2.09. The minimum Gasteiger partial charge on any atom is -0.297 e. The van der Waals surface area contributed by atoms with Crippen LogP contribution in [0.5, 0.6) is 0 Å². The van der Waals surface area contributed by atoms with E-state index in [9.17, 15) is 0 Å². The fourth-order valence-corrected chi connectivity index (χ4v) is 0.886. The summed E-state index contributed by atoms with van der Waals surface area (Å²) in [7, 11) is 1.76. The van der Waals surface area contributed by atoms with E-state index < -0.39 is 0 Å². The van der Waals surface area contributed by atoms with Crippen molar-refractivity contribution in [3.63, 3.8) is 0 Å². The van der Waals surface area contributed by atoms with Crippen molar-refractivity contribution in [2.75, 3.05) is 13.7 Å². The molecule has 0 heterocycles. The van der Waals surface area contributed by atoms with Crippen LogP contribution >= 0.6 is 0 Å². The zero-order chi connectivity index (χ0) is 7.94. The van der Waals surface area contributed by atoms with Gasteiger partial charge in [-0.05, 0) is 12.0 Å². The molecule has 0 unspecified atom stereocenters. The molecule has 0 radical (unpaired) electrons. The lowest BCUT2D eigenvalue weighted by Gasteiger charge is -2.00. The molecule has 0 aromatic rings. The molecule has 1 rings (SSSR count). The summed E-state index contributed by atoms with van der Waals surface area (Å²) in [5.41, 5.74) is 3.85. The zero-order valence-corrected chi connectivity index (χ0v) is 6.71. The molecule has 0 atom stereocenters. The van der Waals surface area contributed by atoms with Crippen molar-refractivity contribution in [2.45, 2.75) is 6.42 Å². The Kier molecular flexibility index (Phi) is 3.65. The molecular weight excluding hydrogens is 138 g/mol. The fourth-order valence-electron chi connectivity index (χ4n) is 0.886. The second kappa shape index (κ2) is 4.88. The molecule has 0 aliphatic heterocycles. The van der Waals surface area contributed by atoms with Gasteiger partial charge in [0.1, 0.15) is 0 Å². The van der Waals surface area contributed by atoms with Gasteiger partial charge in [0.25, 0.3) is 0 Å². The first-order chi connectivity index (χ1) is 5.43. The molecule has 0 aromatic heterocycles. The van der Waals surface area contributed by atoms with E-state index in [1.165, 1.54) is 5.57 Å². The number of rotatable bonds is 3. The molecule has 1 N–H and O–H groups in total. The first kappa shape index (κ1) is 8.24. The molecule has 1 aliphatic rings. The number of hydrogen-bond acceptors (Lipinski definition) is 2. The smallest absolute Gasteiger partial charge is 0.0929 e. The van der Waals surface area contributed by atoms with Crippen LogP contribution in [0.3, 0.4) is 0 Å². The van der Waals surface area contributed by atoms with E-state index in [1.807, 2.05) is 12.2 Å². The maximum Gasteiger partial charge on any atom is 0.0929 e. The highest BCUT2D eigenvalue weighted by atomic mass is 16.6. The van der Waals surface area contributed by atoms with Crippen molar-refractivity contribution in [3.8, 4) is 0 Å². The molecule has 0 fully saturated rings. The third kappa shape index (κ3) is 3.16. The number of hydroxylamine groups is 1. The molecule has 0 aromatic carbocycles. The molecule has 0 bridgehead atoms. The van der Waals surface area contributed by atoms with Gasteiger partial charge in [0, 0.05) is 7.05 Å². The normalized spacial score (nSPS) is 16.3. The van der Waals surface area contributed by atoms with Gasteiger partial charge in [-0.15, -0.1) is 0 Å². The average Bonchev–Trinajstić information content (AvgIpc) is 2.28. The molecule has 0 saturated carbocycles. The van der Waals surface area contributed by atoms with Crippen molar-refractivity contribution >= 4 is 0 Å². The Morgan fingerprint density at radius 1 is 1.55 bits per heavy atom. The van der Waals surface area contributed by atoms with Gasteiger partial charge in [-0.2, -0.15) is 0 Å². The standard InChI is InChI=1S/C9H13NO/c1-10-11-8-9-6-4-2-3-5-7-9/h2-4,6-7,10H,5,8H2,1H3. The van der Waals surface area contributed by atoms with E-state index in [0.29, 0.717) is 6.61 Å². The van der Waals surface area contributed by atoms with Gasteiger partial charge in [0.05, 0.1) is 6.61 Å². The monoisotopic (exact) mass is 151 g/mol. The molecule has 1 aliphatic carbocycles. The van der Waals surface area contributed by atoms with Crippen LogP contribution in [0.15, 0.2) is 36.0 Å². The van der Waals surface area contributed by atoms with Crippen LogP contribution in [0.2, 0.25) is 0 Å². The Morgan fingerprint density at radius 3 is 3.27 bits per heavy atom. The molecule has 2 heteroatoms. The predicted molar refractivity (Wildman–Crippen MR) is 46.0 cm³/mol. The van der Waals surface area contributed by atoms with Gasteiger partial charge in [-0.1, -0.05) is 30.4 Å². The van der Waals surface area contributed by atoms with Crippen LogP contribution in [0.25, 0.3) is 0 Å². The van der Waals surface area contributed by atoms with Crippen LogP contribution in [-0.2, 0) is 4.84 Å². The van der Waals surface area contributed by atoms with Crippen LogP contribution in [0, 0.1) is 0 Å². The first-order valence-electron chi connectivity index (χ1n) is 3.74. The zero-order valence-electron chi connectivity index (χ0n) is 6.71. The topological polar surface area (TPSA) is 21.3 Å². The van der Waals surface area contributed by atoms with E-state index in [2.05, 4.69) is 23.7 Å². The van der Waals surface area contributed by atoms with Crippen LogP contribution in [-0.4, -0.2) is 13.7 Å². The van der Waals surface area contributed by atoms with Crippen molar-refractivity contribution < 1.29 is 4.84 Å². The van der Waals surface area contributed by atoms with E-state index in [0.717, 1.165) is 6.42 Å². The predicted octanol–water partition coefficient (Wildman–Crippen LogP) is 1.58. The van der Waals surface area contributed by atoms with Gasteiger partial charge in [0.2, 0.25) is 0 Å². The molecule has 0 saturated heterocycles. The Labute approximate surface area is 67.2 Å². The van der Waals surface area contributed by atoms with E-state index in [4.69, 9.17) is 4.84 Å². The highest BCUT2D eigenvalue weighted by molar-refractivity contribution is 5.26. The minimum atomic E-state index is 0.634. The number of hydrogen-bond donors (Lipinski definition) is 1. The van der Waals surface area contributed by atoms with E-state index in [-0.39, 0.29) is 0 Å². The highest BCUT2D eigenvalue weighted by Gasteiger charge is 1.92. The summed E-state index contributed by atoms with van der Waals surface area (Å²) in [4.78, 5) is 5.03. The second-order valence-electron chi connectivity index (χ2n) is 2.29. The van der Waals surface area contributed by atoms with Gasteiger partial charge >= 0.3 is 0 Å². The fraction of sp³-hybridized carbons (Fsp3) is 0.333. The summed E-state index contributed by atoms with van der Waals surface area (Å²) >= 11 is 0. The summed E-state index contributed by atoms with van der Waals surface area (Å²) < 4.78 is 0. The maximum absolute atomic E-state index is 5.03. The van der Waals surface area contributed by atoms with Gasteiger partial charge < -0.3 is 0 Å². The molecule has 0 amide bonds. The summed E-state index contributed by atoms with van der Waals surface area (Å²) in [5, 5.41) is 0. The largest absolute Gasteiger partial charge is 0.297 e. The van der Waals surface area contributed by atoms with Crippen LogP contribution in [0.1, 0.15) is 6.42 Å². The Balaban J connectivity index is 2.38. The summed E-state index contributed by atoms with van der Waals surface area (Å²) in [6, 6.07) is 0. The Morgan fingerprint density at radius 2 is 2.45 bits per heavy atom. The number of allylic oxidation sites excluding steroid dienone is 4. The van der Waals surface area contributed by atoms with Crippen molar-refractivity contribution in [1.82, 2.24) is 5.48 Å². The van der Waals surface area contributed by atoms with Gasteiger partial charge in [-0.25, -0.2) is 5.48 Å². The van der Waals surface area contributed by atoms with Crippen LogP contribution < -0.4 is 5.48 Å².